The lowest BCUT2D eigenvalue weighted by molar-refractivity contribution is 0.586. The molecule has 2 rings (SSSR count). The first-order valence-corrected chi connectivity index (χ1v) is 8.92. The number of rotatable bonds is 4. The maximum Gasteiger partial charge on any atom is 0.364 e. The number of hydrogen-bond donors (Lipinski definition) is 1. The van der Waals surface area contributed by atoms with Crippen LogP contribution < -0.4 is 5.69 Å². The molecule has 104 valence electrons. The van der Waals surface area contributed by atoms with Gasteiger partial charge in [-0.3, -0.25) is 0 Å². The van der Waals surface area contributed by atoms with Gasteiger partial charge in [0.1, 0.15) is 0 Å². The van der Waals surface area contributed by atoms with E-state index in [0.29, 0.717) is 0 Å². The summed E-state index contributed by atoms with van der Waals surface area (Å²) >= 11 is 0. The van der Waals surface area contributed by atoms with Gasteiger partial charge >= 0.3 is 5.69 Å². The molecule has 2 aromatic rings. The Kier molecular flexibility index (Phi) is 3.36. The van der Waals surface area contributed by atoms with Gasteiger partial charge in [-0.25, -0.2) is 26.7 Å². The molecule has 0 fully saturated rings. The van der Waals surface area contributed by atoms with Gasteiger partial charge in [-0.2, -0.15) is 14.7 Å². The van der Waals surface area contributed by atoms with Gasteiger partial charge in [0.05, 0.1) is 11.5 Å². The van der Waals surface area contributed by atoms with Crippen molar-refractivity contribution < 1.29 is 16.8 Å². The van der Waals surface area contributed by atoms with Crippen molar-refractivity contribution in [2.75, 3.05) is 11.5 Å². The number of aromatic amines is 1. The van der Waals surface area contributed by atoms with Crippen LogP contribution in [-0.2, 0) is 18.9 Å². The first-order chi connectivity index (χ1) is 8.69. The van der Waals surface area contributed by atoms with E-state index in [1.165, 1.54) is 6.07 Å². The van der Waals surface area contributed by atoms with Crippen LogP contribution in [0.5, 0.6) is 0 Å². The molecule has 9 nitrogen and oxygen atoms in total. The molecule has 2 aromatic heterocycles. The maximum atomic E-state index is 11.8. The highest BCUT2D eigenvalue weighted by atomic mass is 35.7. The van der Waals surface area contributed by atoms with E-state index in [9.17, 15) is 21.6 Å². The predicted octanol–water partition coefficient (Wildman–Crippen LogP) is -1.24. The van der Waals surface area contributed by atoms with E-state index in [2.05, 4.69) is 15.3 Å². The lowest BCUT2D eigenvalue weighted by Crippen LogP contribution is -2.19. The molecule has 0 amide bonds. The second-order valence-corrected chi connectivity index (χ2v) is 8.48. The molecular formula is C7H7ClN4O5S2. The first-order valence-electron chi connectivity index (χ1n) is 4.79. The molecule has 0 atom stereocenters. The zero-order valence-corrected chi connectivity index (χ0v) is 11.5. The van der Waals surface area contributed by atoms with E-state index < -0.39 is 41.1 Å². The van der Waals surface area contributed by atoms with E-state index in [0.717, 1.165) is 10.6 Å². The molecule has 0 aliphatic heterocycles. The van der Waals surface area contributed by atoms with Gasteiger partial charge < -0.3 is 0 Å². The van der Waals surface area contributed by atoms with E-state index in [1.54, 1.807) is 0 Å². The van der Waals surface area contributed by atoms with Crippen molar-refractivity contribution in [2.45, 2.75) is 5.03 Å². The molecule has 0 aliphatic carbocycles. The van der Waals surface area contributed by atoms with Crippen LogP contribution in [0.25, 0.3) is 5.65 Å². The van der Waals surface area contributed by atoms with Crippen molar-refractivity contribution >= 4 is 35.2 Å². The monoisotopic (exact) mass is 326 g/mol. The number of H-pyrrole nitrogens is 1. The second kappa shape index (κ2) is 4.58. The van der Waals surface area contributed by atoms with Gasteiger partial charge in [0.25, 0.3) is 0 Å². The summed E-state index contributed by atoms with van der Waals surface area (Å²) in [6.07, 6.45) is 0. The van der Waals surface area contributed by atoms with Crippen molar-refractivity contribution in [1.82, 2.24) is 19.8 Å². The quantitative estimate of drug-likeness (QED) is 0.695. The van der Waals surface area contributed by atoms with Gasteiger partial charge in [-0.05, 0) is 12.1 Å². The Morgan fingerprint density at radius 2 is 1.89 bits per heavy atom. The summed E-state index contributed by atoms with van der Waals surface area (Å²) in [5.41, 5.74) is -0.550. The average molecular weight is 327 g/mol. The summed E-state index contributed by atoms with van der Waals surface area (Å²) in [4.78, 5) is 11.2. The van der Waals surface area contributed by atoms with Crippen molar-refractivity contribution in [2.24, 2.45) is 0 Å². The van der Waals surface area contributed by atoms with Crippen molar-refractivity contribution in [3.8, 4) is 0 Å². The Hall–Kier alpha value is -1.46. The fraction of sp³-hybridized carbons (Fsp3) is 0.286. The molecule has 0 aromatic carbocycles. The van der Waals surface area contributed by atoms with Crippen molar-refractivity contribution in [1.29, 1.82) is 0 Å². The van der Waals surface area contributed by atoms with E-state index >= 15 is 0 Å². The molecule has 0 spiro atoms. The third-order valence-electron chi connectivity index (χ3n) is 2.16. The number of halogens is 1. The van der Waals surface area contributed by atoms with Crippen molar-refractivity contribution in [3.63, 3.8) is 0 Å². The summed E-state index contributed by atoms with van der Waals surface area (Å²) in [5, 5.41) is 8.84. The van der Waals surface area contributed by atoms with Gasteiger partial charge in [-0.15, -0.1) is 0 Å². The maximum absolute atomic E-state index is 11.8. The second-order valence-electron chi connectivity index (χ2n) is 3.53. The fourth-order valence-corrected chi connectivity index (χ4v) is 4.20. The van der Waals surface area contributed by atoms with E-state index in [1.807, 2.05) is 0 Å². The number of nitrogens with zero attached hydrogens (tertiary/aromatic N) is 3. The Balaban J connectivity index is 2.43. The van der Waals surface area contributed by atoms with Crippen LogP contribution in [0, 0.1) is 0 Å². The Morgan fingerprint density at radius 3 is 2.53 bits per heavy atom. The van der Waals surface area contributed by atoms with Crippen LogP contribution >= 0.6 is 10.7 Å². The van der Waals surface area contributed by atoms with Crippen LogP contribution in [0.4, 0.5) is 0 Å². The Morgan fingerprint density at radius 1 is 1.21 bits per heavy atom. The van der Waals surface area contributed by atoms with Gasteiger partial charge in [0.2, 0.25) is 9.05 Å². The lowest BCUT2D eigenvalue weighted by atomic mass is 10.6. The summed E-state index contributed by atoms with van der Waals surface area (Å²) in [7, 11) is -2.94. The van der Waals surface area contributed by atoms with Crippen LogP contribution in [0.3, 0.4) is 0 Å². The van der Waals surface area contributed by atoms with Gasteiger partial charge in [0, 0.05) is 10.7 Å². The highest BCUT2D eigenvalue weighted by molar-refractivity contribution is 8.14. The van der Waals surface area contributed by atoms with Crippen molar-refractivity contribution in [3.05, 3.63) is 22.6 Å². The summed E-state index contributed by atoms with van der Waals surface area (Å²) in [6, 6.07) is 2.40. The summed E-state index contributed by atoms with van der Waals surface area (Å²) in [6.45, 7) is 0. The molecule has 0 bridgehead atoms. The Labute approximate surface area is 111 Å². The lowest BCUT2D eigenvalue weighted by Gasteiger charge is -2.01. The summed E-state index contributed by atoms with van der Waals surface area (Å²) in [5.74, 6) is -1.46. The zero-order valence-electron chi connectivity index (χ0n) is 9.15. The standard InChI is InChI=1S/C7H7ClN4O5S2/c8-19(16,17)4-3-18(14,15)6-2-1-5-9-10-7(13)12(5)11-6/h1-2H,3-4H2,(H,10,13). The number of fused-ring (bicyclic) bond motifs is 1. The number of nitrogens with one attached hydrogen (secondary N) is 1. The van der Waals surface area contributed by atoms with Crippen LogP contribution in [0.15, 0.2) is 22.0 Å². The molecule has 0 radical (unpaired) electrons. The molecule has 0 saturated heterocycles. The summed E-state index contributed by atoms with van der Waals surface area (Å²) < 4.78 is 45.9. The normalized spacial score (nSPS) is 12.9. The highest BCUT2D eigenvalue weighted by Gasteiger charge is 2.21. The molecule has 1 N–H and O–H groups in total. The smallest absolute Gasteiger partial charge is 0.244 e. The average Bonchev–Trinajstić information content (AvgIpc) is 2.68. The zero-order chi connectivity index (χ0) is 14.3. The minimum absolute atomic E-state index is 0.147. The van der Waals surface area contributed by atoms with Crippen LogP contribution in [0.2, 0.25) is 0 Å². The predicted molar refractivity (Wildman–Crippen MR) is 65.3 cm³/mol. The number of aromatic nitrogens is 4. The van der Waals surface area contributed by atoms with Crippen LogP contribution in [-0.4, -0.2) is 48.2 Å². The molecule has 2 heterocycles. The van der Waals surface area contributed by atoms with Gasteiger partial charge in [-0.1, -0.05) is 0 Å². The van der Waals surface area contributed by atoms with E-state index in [4.69, 9.17) is 10.7 Å². The van der Waals surface area contributed by atoms with E-state index in [-0.39, 0.29) is 5.65 Å². The minimum atomic E-state index is -3.96. The highest BCUT2D eigenvalue weighted by Crippen LogP contribution is 2.09. The Bertz CT molecular complexity index is 882. The van der Waals surface area contributed by atoms with Crippen LogP contribution in [0.1, 0.15) is 0 Å². The fourth-order valence-electron chi connectivity index (χ4n) is 1.27. The molecule has 0 saturated carbocycles. The first kappa shape index (κ1) is 14.0. The van der Waals surface area contributed by atoms with Gasteiger partial charge in [0.15, 0.2) is 20.5 Å². The largest absolute Gasteiger partial charge is 0.364 e. The minimum Gasteiger partial charge on any atom is -0.244 e. The molecular weight excluding hydrogens is 320 g/mol. The molecule has 12 heteroatoms. The number of hydrogen-bond acceptors (Lipinski definition) is 7. The molecule has 0 unspecified atom stereocenters. The molecule has 19 heavy (non-hydrogen) atoms. The molecule has 0 aliphatic rings. The number of sulfone groups is 1. The third-order valence-corrected chi connectivity index (χ3v) is 5.17. The topological polar surface area (TPSA) is 131 Å². The SMILES string of the molecule is O=c1[nH]nc2ccc(S(=O)(=O)CCS(=O)(=O)Cl)nn12. The third kappa shape index (κ3) is 3.11.